The van der Waals surface area contributed by atoms with Crippen molar-refractivity contribution in [2.24, 2.45) is 0 Å². The molecule has 1 atom stereocenters. The van der Waals surface area contributed by atoms with E-state index in [9.17, 15) is 0 Å². The van der Waals surface area contributed by atoms with Crippen molar-refractivity contribution in [3.05, 3.63) is 48.4 Å². The molecule has 0 amide bonds. The van der Waals surface area contributed by atoms with E-state index in [2.05, 4.69) is 15.3 Å². The fourth-order valence-electron chi connectivity index (χ4n) is 1.39. The number of aromatic nitrogens is 2. The van der Waals surface area contributed by atoms with Crippen LogP contribution in [0.2, 0.25) is 0 Å². The van der Waals surface area contributed by atoms with Crippen LogP contribution in [0.4, 0.5) is 0 Å². The first-order chi connectivity index (χ1) is 6.92. The van der Waals surface area contributed by atoms with Crippen LogP contribution in [0.15, 0.2) is 41.5 Å². The average Bonchev–Trinajstić information content (AvgIpc) is 2.74. The molecule has 4 nitrogen and oxygen atoms in total. The van der Waals surface area contributed by atoms with Crippen molar-refractivity contribution in [1.29, 1.82) is 0 Å². The number of furan rings is 1. The Hall–Kier alpha value is -1.68. The number of nitrogens with one attached hydrogen (secondary N) is 1. The second-order valence-corrected chi connectivity index (χ2v) is 2.91. The Bertz CT molecular complexity index is 372. The van der Waals surface area contributed by atoms with Crippen LogP contribution in [0.25, 0.3) is 0 Å². The molecule has 0 saturated heterocycles. The molecule has 4 heteroatoms. The van der Waals surface area contributed by atoms with E-state index in [1.54, 1.807) is 18.7 Å². The van der Waals surface area contributed by atoms with E-state index in [0.717, 1.165) is 11.3 Å². The van der Waals surface area contributed by atoms with Gasteiger partial charge in [-0.3, -0.25) is 0 Å². The standard InChI is InChI=1S/C10H11N3O/c1-11-10(9-3-2-4-14-9)8-5-12-7-13-6-8/h2-7,10-11H,1H3. The third-order valence-electron chi connectivity index (χ3n) is 2.03. The first kappa shape index (κ1) is 8.90. The minimum atomic E-state index is 0.0196. The Labute approximate surface area is 82.0 Å². The maximum absolute atomic E-state index is 5.32. The van der Waals surface area contributed by atoms with E-state index >= 15 is 0 Å². The van der Waals surface area contributed by atoms with Gasteiger partial charge in [-0.2, -0.15) is 0 Å². The first-order valence-corrected chi connectivity index (χ1v) is 4.37. The van der Waals surface area contributed by atoms with Gasteiger partial charge >= 0.3 is 0 Å². The fourth-order valence-corrected chi connectivity index (χ4v) is 1.39. The van der Waals surface area contributed by atoms with Gasteiger partial charge in [0.1, 0.15) is 12.1 Å². The first-order valence-electron chi connectivity index (χ1n) is 4.37. The molecule has 0 spiro atoms. The van der Waals surface area contributed by atoms with Gasteiger partial charge in [-0.1, -0.05) is 0 Å². The zero-order valence-corrected chi connectivity index (χ0v) is 7.84. The lowest BCUT2D eigenvalue weighted by Gasteiger charge is -2.12. The lowest BCUT2D eigenvalue weighted by molar-refractivity contribution is 0.462. The van der Waals surface area contributed by atoms with Crippen LogP contribution in [-0.4, -0.2) is 17.0 Å². The molecule has 0 aliphatic heterocycles. The van der Waals surface area contributed by atoms with E-state index in [1.165, 1.54) is 6.33 Å². The Morgan fingerprint density at radius 2 is 2.14 bits per heavy atom. The van der Waals surface area contributed by atoms with Crippen LogP contribution < -0.4 is 5.32 Å². The molecule has 2 aromatic heterocycles. The molecular weight excluding hydrogens is 178 g/mol. The third kappa shape index (κ3) is 1.65. The molecule has 1 unspecified atom stereocenters. The summed E-state index contributed by atoms with van der Waals surface area (Å²) in [5, 5.41) is 3.15. The fraction of sp³-hybridized carbons (Fsp3) is 0.200. The molecule has 0 aliphatic rings. The molecule has 2 heterocycles. The number of hydrogen-bond acceptors (Lipinski definition) is 4. The monoisotopic (exact) mass is 189 g/mol. The SMILES string of the molecule is CNC(c1cncnc1)c1ccco1. The summed E-state index contributed by atoms with van der Waals surface area (Å²) in [6.45, 7) is 0. The zero-order valence-electron chi connectivity index (χ0n) is 7.84. The highest BCUT2D eigenvalue weighted by atomic mass is 16.3. The summed E-state index contributed by atoms with van der Waals surface area (Å²) in [5.41, 5.74) is 0.991. The number of rotatable bonds is 3. The van der Waals surface area contributed by atoms with Crippen molar-refractivity contribution in [3.8, 4) is 0 Å². The van der Waals surface area contributed by atoms with Crippen LogP contribution >= 0.6 is 0 Å². The van der Waals surface area contributed by atoms with Crippen molar-refractivity contribution >= 4 is 0 Å². The summed E-state index contributed by atoms with van der Waals surface area (Å²) in [6, 6.07) is 3.81. The molecule has 0 saturated carbocycles. The second-order valence-electron chi connectivity index (χ2n) is 2.91. The van der Waals surface area contributed by atoms with Gasteiger partial charge in [0.05, 0.1) is 12.3 Å². The van der Waals surface area contributed by atoms with E-state index in [1.807, 2.05) is 19.2 Å². The largest absolute Gasteiger partial charge is 0.467 e. The number of hydrogen-bond donors (Lipinski definition) is 1. The topological polar surface area (TPSA) is 51.0 Å². The zero-order chi connectivity index (χ0) is 9.80. The molecule has 2 aromatic rings. The molecule has 0 aromatic carbocycles. The Morgan fingerprint density at radius 1 is 1.36 bits per heavy atom. The van der Waals surface area contributed by atoms with Gasteiger partial charge in [-0.15, -0.1) is 0 Å². The van der Waals surface area contributed by atoms with Crippen molar-refractivity contribution in [1.82, 2.24) is 15.3 Å². The molecule has 72 valence electrons. The molecule has 0 aliphatic carbocycles. The summed E-state index contributed by atoms with van der Waals surface area (Å²) < 4.78 is 5.32. The molecule has 0 fully saturated rings. The van der Waals surface area contributed by atoms with Gasteiger partial charge in [0.15, 0.2) is 0 Å². The maximum Gasteiger partial charge on any atom is 0.125 e. The highest BCUT2D eigenvalue weighted by molar-refractivity contribution is 5.20. The van der Waals surface area contributed by atoms with E-state index in [-0.39, 0.29) is 6.04 Å². The lowest BCUT2D eigenvalue weighted by atomic mass is 10.1. The van der Waals surface area contributed by atoms with Crippen LogP contribution in [0.3, 0.4) is 0 Å². The van der Waals surface area contributed by atoms with E-state index < -0.39 is 0 Å². The predicted octanol–water partition coefficient (Wildman–Crippen LogP) is 1.38. The molecule has 0 radical (unpaired) electrons. The molecular formula is C10H11N3O. The lowest BCUT2D eigenvalue weighted by Crippen LogP contribution is -2.17. The minimum Gasteiger partial charge on any atom is -0.467 e. The predicted molar refractivity (Wildman–Crippen MR) is 51.6 cm³/mol. The summed E-state index contributed by atoms with van der Waals surface area (Å²) in [7, 11) is 1.88. The quantitative estimate of drug-likeness (QED) is 0.792. The highest BCUT2D eigenvalue weighted by Crippen LogP contribution is 2.19. The van der Waals surface area contributed by atoms with Gasteiger partial charge in [0.2, 0.25) is 0 Å². The van der Waals surface area contributed by atoms with Gasteiger partial charge in [0, 0.05) is 18.0 Å². The Balaban J connectivity index is 2.31. The second kappa shape index (κ2) is 4.02. The normalized spacial score (nSPS) is 12.6. The Morgan fingerprint density at radius 3 is 2.71 bits per heavy atom. The van der Waals surface area contributed by atoms with Crippen LogP contribution in [0, 0.1) is 0 Å². The maximum atomic E-state index is 5.32. The van der Waals surface area contributed by atoms with Crippen LogP contribution in [0.1, 0.15) is 17.4 Å². The highest BCUT2D eigenvalue weighted by Gasteiger charge is 2.14. The van der Waals surface area contributed by atoms with Crippen LogP contribution in [0.5, 0.6) is 0 Å². The van der Waals surface area contributed by atoms with Crippen molar-refractivity contribution in [2.75, 3.05) is 7.05 Å². The molecule has 0 bridgehead atoms. The Kier molecular flexibility index (Phi) is 2.55. The van der Waals surface area contributed by atoms with Gasteiger partial charge in [0.25, 0.3) is 0 Å². The van der Waals surface area contributed by atoms with Gasteiger partial charge in [-0.25, -0.2) is 9.97 Å². The molecule has 14 heavy (non-hydrogen) atoms. The van der Waals surface area contributed by atoms with Gasteiger partial charge in [-0.05, 0) is 19.2 Å². The van der Waals surface area contributed by atoms with Crippen molar-refractivity contribution in [2.45, 2.75) is 6.04 Å². The molecule has 2 rings (SSSR count). The van der Waals surface area contributed by atoms with E-state index in [4.69, 9.17) is 4.42 Å². The summed E-state index contributed by atoms with van der Waals surface area (Å²) >= 11 is 0. The van der Waals surface area contributed by atoms with E-state index in [0.29, 0.717) is 0 Å². The smallest absolute Gasteiger partial charge is 0.125 e. The number of nitrogens with zero attached hydrogens (tertiary/aromatic N) is 2. The third-order valence-corrected chi connectivity index (χ3v) is 2.03. The van der Waals surface area contributed by atoms with Crippen LogP contribution in [-0.2, 0) is 0 Å². The summed E-state index contributed by atoms with van der Waals surface area (Å²) in [4.78, 5) is 7.94. The van der Waals surface area contributed by atoms with Crippen molar-refractivity contribution < 1.29 is 4.42 Å². The minimum absolute atomic E-state index is 0.0196. The van der Waals surface area contributed by atoms with Crippen molar-refractivity contribution in [3.63, 3.8) is 0 Å². The molecule has 1 N–H and O–H groups in total. The average molecular weight is 189 g/mol. The summed E-state index contributed by atoms with van der Waals surface area (Å²) in [5.74, 6) is 0.863. The van der Waals surface area contributed by atoms with Gasteiger partial charge < -0.3 is 9.73 Å². The summed E-state index contributed by atoms with van der Waals surface area (Å²) in [6.07, 6.45) is 6.72.